The maximum atomic E-state index is 12.3. The molecule has 1 amide bonds. The molecule has 0 fully saturated rings. The second kappa shape index (κ2) is 7.18. The molecule has 110 valence electrons. The van der Waals surface area contributed by atoms with E-state index in [1.54, 1.807) is 17.0 Å². The van der Waals surface area contributed by atoms with Gasteiger partial charge in [-0.05, 0) is 36.8 Å². The summed E-state index contributed by atoms with van der Waals surface area (Å²) in [5, 5.41) is 9.24. The Labute approximate surface area is 129 Å². The topological polar surface area (TPSA) is 40.5 Å². The number of phenols is 1. The summed E-state index contributed by atoms with van der Waals surface area (Å²) in [7, 11) is 1.83. The van der Waals surface area contributed by atoms with Gasteiger partial charge in [0.05, 0.1) is 11.8 Å². The van der Waals surface area contributed by atoms with Gasteiger partial charge in [-0.2, -0.15) is 0 Å². The quantitative estimate of drug-likeness (QED) is 0.856. The summed E-state index contributed by atoms with van der Waals surface area (Å²) in [5.74, 6) is 0.711. The summed E-state index contributed by atoms with van der Waals surface area (Å²) in [6, 6.07) is 16.9. The van der Waals surface area contributed by atoms with Gasteiger partial charge in [-0.15, -0.1) is 11.8 Å². The predicted molar refractivity (Wildman–Crippen MR) is 86.5 cm³/mol. The summed E-state index contributed by atoms with van der Waals surface area (Å²) in [6.45, 7) is 2.03. The fourth-order valence-electron chi connectivity index (χ4n) is 1.96. The van der Waals surface area contributed by atoms with E-state index in [4.69, 9.17) is 0 Å². The minimum atomic E-state index is 0.0547. The lowest BCUT2D eigenvalue weighted by molar-refractivity contribution is -0.128. The van der Waals surface area contributed by atoms with Crippen LogP contribution in [0.4, 0.5) is 0 Å². The third-order valence-corrected chi connectivity index (χ3v) is 4.45. The maximum absolute atomic E-state index is 12.3. The summed E-state index contributed by atoms with van der Waals surface area (Å²) in [6.07, 6.45) is 0. The number of aromatic hydroxyl groups is 1. The highest BCUT2D eigenvalue weighted by Crippen LogP contribution is 2.23. The van der Waals surface area contributed by atoms with Crippen LogP contribution < -0.4 is 0 Å². The van der Waals surface area contributed by atoms with Gasteiger partial charge >= 0.3 is 0 Å². The minimum absolute atomic E-state index is 0.0547. The van der Waals surface area contributed by atoms with E-state index < -0.39 is 0 Å². The normalized spacial score (nSPS) is 11.9. The summed E-state index contributed by atoms with van der Waals surface area (Å²) >= 11 is 1.48. The summed E-state index contributed by atoms with van der Waals surface area (Å²) < 4.78 is 0. The molecule has 0 heterocycles. The zero-order chi connectivity index (χ0) is 15.2. The van der Waals surface area contributed by atoms with Crippen molar-refractivity contribution in [2.24, 2.45) is 0 Å². The average molecular weight is 301 g/mol. The first kappa shape index (κ1) is 15.4. The standard InChI is InChI=1S/C17H19NO2S/c1-13(14-6-4-3-5-7-14)18(2)17(20)12-21-16-10-8-15(19)9-11-16/h3-11,13,19H,12H2,1-2H3. The van der Waals surface area contributed by atoms with Gasteiger partial charge in [-0.3, -0.25) is 4.79 Å². The molecule has 2 rings (SSSR count). The Bertz CT molecular complexity index is 583. The molecule has 0 saturated heterocycles. The van der Waals surface area contributed by atoms with Crippen LogP contribution in [-0.2, 0) is 4.79 Å². The van der Waals surface area contributed by atoms with Crippen molar-refractivity contribution in [3.8, 4) is 5.75 Å². The van der Waals surface area contributed by atoms with E-state index in [9.17, 15) is 9.90 Å². The van der Waals surface area contributed by atoms with Crippen molar-refractivity contribution in [2.45, 2.75) is 17.9 Å². The Morgan fingerprint density at radius 2 is 1.76 bits per heavy atom. The van der Waals surface area contributed by atoms with Crippen LogP contribution in [0.15, 0.2) is 59.5 Å². The number of benzene rings is 2. The van der Waals surface area contributed by atoms with Gasteiger partial charge in [-0.25, -0.2) is 0 Å². The summed E-state index contributed by atoms with van der Waals surface area (Å²) in [4.78, 5) is 15.0. The molecule has 3 nitrogen and oxygen atoms in total. The third-order valence-electron chi connectivity index (χ3n) is 3.46. The third kappa shape index (κ3) is 4.26. The molecule has 1 atom stereocenters. The molecule has 0 aliphatic rings. The molecule has 2 aromatic carbocycles. The van der Waals surface area contributed by atoms with Gasteiger partial charge in [0.2, 0.25) is 5.91 Å². The van der Waals surface area contributed by atoms with E-state index >= 15 is 0 Å². The maximum Gasteiger partial charge on any atom is 0.233 e. The van der Waals surface area contributed by atoms with Crippen LogP contribution in [0.5, 0.6) is 5.75 Å². The van der Waals surface area contributed by atoms with Crippen LogP contribution in [0.3, 0.4) is 0 Å². The molecule has 2 aromatic rings. The Kier molecular flexibility index (Phi) is 5.28. The molecular formula is C17H19NO2S. The highest BCUT2D eigenvalue weighted by atomic mass is 32.2. The zero-order valence-electron chi connectivity index (χ0n) is 12.2. The Hall–Kier alpha value is -1.94. The molecule has 4 heteroatoms. The molecular weight excluding hydrogens is 282 g/mol. The van der Waals surface area contributed by atoms with E-state index in [1.807, 2.05) is 56.4 Å². The molecule has 0 aromatic heterocycles. The fourth-order valence-corrected chi connectivity index (χ4v) is 2.78. The SMILES string of the molecule is CC(c1ccccc1)N(C)C(=O)CSc1ccc(O)cc1. The van der Waals surface area contributed by atoms with Crippen molar-refractivity contribution in [1.82, 2.24) is 4.90 Å². The van der Waals surface area contributed by atoms with Crippen molar-refractivity contribution < 1.29 is 9.90 Å². The molecule has 1 unspecified atom stereocenters. The number of nitrogens with zero attached hydrogens (tertiary/aromatic N) is 1. The van der Waals surface area contributed by atoms with E-state index in [1.165, 1.54) is 11.8 Å². The number of hydrogen-bond acceptors (Lipinski definition) is 3. The molecule has 0 aliphatic carbocycles. The van der Waals surface area contributed by atoms with Crippen LogP contribution in [0.2, 0.25) is 0 Å². The van der Waals surface area contributed by atoms with Gasteiger partial charge in [0, 0.05) is 11.9 Å². The second-order valence-electron chi connectivity index (χ2n) is 4.87. The number of carbonyl (C=O) groups is 1. The number of amides is 1. The second-order valence-corrected chi connectivity index (χ2v) is 5.92. The molecule has 21 heavy (non-hydrogen) atoms. The van der Waals surface area contributed by atoms with Gasteiger partial charge < -0.3 is 10.0 Å². The average Bonchev–Trinajstić information content (AvgIpc) is 2.53. The zero-order valence-corrected chi connectivity index (χ0v) is 13.0. The molecule has 0 saturated carbocycles. The fraction of sp³-hybridized carbons (Fsp3) is 0.235. The van der Waals surface area contributed by atoms with Crippen LogP contribution in [0.1, 0.15) is 18.5 Å². The van der Waals surface area contributed by atoms with Crippen LogP contribution in [-0.4, -0.2) is 28.7 Å². The van der Waals surface area contributed by atoms with E-state index in [2.05, 4.69) is 0 Å². The van der Waals surface area contributed by atoms with E-state index in [0.29, 0.717) is 5.75 Å². The van der Waals surface area contributed by atoms with Gasteiger partial charge in [0.25, 0.3) is 0 Å². The monoisotopic (exact) mass is 301 g/mol. The molecule has 1 N–H and O–H groups in total. The highest BCUT2D eigenvalue weighted by Gasteiger charge is 2.17. The predicted octanol–water partition coefficient (Wildman–Crippen LogP) is 3.70. The van der Waals surface area contributed by atoms with Crippen molar-refractivity contribution >= 4 is 17.7 Å². The van der Waals surface area contributed by atoms with Gasteiger partial charge in [0.15, 0.2) is 0 Å². The summed E-state index contributed by atoms with van der Waals surface area (Å²) in [5.41, 5.74) is 1.13. The molecule has 0 radical (unpaired) electrons. The van der Waals surface area contributed by atoms with Crippen molar-refractivity contribution in [1.29, 1.82) is 0 Å². The number of hydrogen-bond donors (Lipinski definition) is 1. The Morgan fingerprint density at radius 3 is 2.38 bits per heavy atom. The lowest BCUT2D eigenvalue weighted by Crippen LogP contribution is -2.31. The molecule has 0 aliphatic heterocycles. The first-order valence-electron chi connectivity index (χ1n) is 6.80. The first-order valence-corrected chi connectivity index (χ1v) is 7.79. The lowest BCUT2D eigenvalue weighted by Gasteiger charge is -2.25. The first-order chi connectivity index (χ1) is 10.1. The van der Waals surface area contributed by atoms with Crippen LogP contribution in [0.25, 0.3) is 0 Å². The van der Waals surface area contributed by atoms with Gasteiger partial charge in [-0.1, -0.05) is 30.3 Å². The van der Waals surface area contributed by atoms with Crippen LogP contribution in [0, 0.1) is 0 Å². The lowest BCUT2D eigenvalue weighted by atomic mass is 10.1. The minimum Gasteiger partial charge on any atom is -0.508 e. The smallest absolute Gasteiger partial charge is 0.233 e. The number of thioether (sulfide) groups is 1. The van der Waals surface area contributed by atoms with E-state index in [0.717, 1.165) is 10.5 Å². The largest absolute Gasteiger partial charge is 0.508 e. The van der Waals surface area contributed by atoms with Crippen molar-refractivity contribution in [3.63, 3.8) is 0 Å². The number of rotatable bonds is 5. The Balaban J connectivity index is 1.92. The van der Waals surface area contributed by atoms with Gasteiger partial charge in [0.1, 0.15) is 5.75 Å². The number of carbonyl (C=O) groups excluding carboxylic acids is 1. The van der Waals surface area contributed by atoms with Crippen LogP contribution >= 0.6 is 11.8 Å². The molecule has 0 bridgehead atoms. The van der Waals surface area contributed by atoms with Crippen molar-refractivity contribution in [2.75, 3.05) is 12.8 Å². The molecule has 0 spiro atoms. The van der Waals surface area contributed by atoms with Crippen molar-refractivity contribution in [3.05, 3.63) is 60.2 Å². The highest BCUT2D eigenvalue weighted by molar-refractivity contribution is 8.00. The Morgan fingerprint density at radius 1 is 1.14 bits per heavy atom. The van der Waals surface area contributed by atoms with E-state index in [-0.39, 0.29) is 17.7 Å². The number of phenolic OH excluding ortho intramolecular Hbond substituents is 1.